The molecule has 5 heteroatoms. The maximum absolute atomic E-state index is 5.83. The first-order valence-electron chi connectivity index (χ1n) is 6.79. The number of nitrogens with one attached hydrogen (secondary N) is 3. The van der Waals surface area contributed by atoms with Crippen molar-refractivity contribution < 1.29 is 4.90 Å². The molecule has 1 aromatic carbocycles. The van der Waals surface area contributed by atoms with Gasteiger partial charge in [-0.3, -0.25) is 0 Å². The van der Waals surface area contributed by atoms with E-state index in [4.69, 9.17) is 23.8 Å². The smallest absolute Gasteiger partial charge is 0.170 e. The van der Waals surface area contributed by atoms with E-state index in [1.165, 1.54) is 19.6 Å². The molecule has 0 spiro atoms. The van der Waals surface area contributed by atoms with Crippen LogP contribution in [0.1, 0.15) is 20.3 Å². The van der Waals surface area contributed by atoms with Gasteiger partial charge < -0.3 is 15.5 Å². The van der Waals surface area contributed by atoms with Crippen LogP contribution in [-0.2, 0) is 0 Å². The summed E-state index contributed by atoms with van der Waals surface area (Å²) in [7, 11) is 0. The Kier molecular flexibility index (Phi) is 7.79. The standard InChI is InChI=1S/C14H22ClN3S/c1-3-18(4-2)11-5-10-16-14(19)17-13-8-6-12(15)7-9-13/h6-9H,3-5,10-11H2,1-2H3,(H2,16,17,19)/p+1. The van der Waals surface area contributed by atoms with E-state index in [1.54, 1.807) is 4.90 Å². The van der Waals surface area contributed by atoms with Gasteiger partial charge in [0.25, 0.3) is 0 Å². The van der Waals surface area contributed by atoms with E-state index in [-0.39, 0.29) is 0 Å². The molecule has 3 N–H and O–H groups in total. The number of hydrogen-bond donors (Lipinski definition) is 3. The highest BCUT2D eigenvalue weighted by molar-refractivity contribution is 7.80. The third-order valence-electron chi connectivity index (χ3n) is 3.09. The molecule has 0 aromatic heterocycles. The van der Waals surface area contributed by atoms with E-state index >= 15 is 0 Å². The molecule has 0 radical (unpaired) electrons. The second kappa shape index (κ2) is 9.13. The summed E-state index contributed by atoms with van der Waals surface area (Å²) in [6, 6.07) is 7.51. The van der Waals surface area contributed by atoms with Gasteiger partial charge >= 0.3 is 0 Å². The molecule has 0 saturated carbocycles. The Morgan fingerprint density at radius 3 is 2.42 bits per heavy atom. The molecule has 0 aliphatic heterocycles. The van der Waals surface area contributed by atoms with Crippen LogP contribution in [0, 0.1) is 0 Å². The fourth-order valence-corrected chi connectivity index (χ4v) is 2.20. The van der Waals surface area contributed by atoms with Crippen LogP contribution in [0.4, 0.5) is 5.69 Å². The highest BCUT2D eigenvalue weighted by Gasteiger charge is 2.02. The lowest BCUT2D eigenvalue weighted by molar-refractivity contribution is -0.896. The van der Waals surface area contributed by atoms with Crippen LogP contribution in [0.2, 0.25) is 5.02 Å². The zero-order valence-electron chi connectivity index (χ0n) is 11.6. The molecule has 0 bridgehead atoms. The molecular formula is C14H23ClN3S+. The fourth-order valence-electron chi connectivity index (χ4n) is 1.85. The highest BCUT2D eigenvalue weighted by atomic mass is 35.5. The van der Waals surface area contributed by atoms with E-state index in [0.29, 0.717) is 5.11 Å². The van der Waals surface area contributed by atoms with E-state index < -0.39 is 0 Å². The Labute approximate surface area is 126 Å². The summed E-state index contributed by atoms with van der Waals surface area (Å²) in [5.41, 5.74) is 0.955. The van der Waals surface area contributed by atoms with Crippen LogP contribution >= 0.6 is 23.8 Å². The van der Waals surface area contributed by atoms with Crippen LogP contribution in [0.25, 0.3) is 0 Å². The number of halogens is 1. The molecule has 106 valence electrons. The topological polar surface area (TPSA) is 28.5 Å². The van der Waals surface area contributed by atoms with Crippen LogP contribution in [0.5, 0.6) is 0 Å². The molecule has 0 unspecified atom stereocenters. The molecule has 1 aromatic rings. The summed E-state index contributed by atoms with van der Waals surface area (Å²) < 4.78 is 0. The molecular weight excluding hydrogens is 278 g/mol. The number of rotatable bonds is 7. The van der Waals surface area contributed by atoms with Crippen molar-refractivity contribution in [3.63, 3.8) is 0 Å². The van der Waals surface area contributed by atoms with E-state index in [2.05, 4.69) is 24.5 Å². The van der Waals surface area contributed by atoms with Gasteiger partial charge in [0.15, 0.2) is 5.11 Å². The second-order valence-electron chi connectivity index (χ2n) is 4.45. The molecule has 0 amide bonds. The number of anilines is 1. The third-order valence-corrected chi connectivity index (χ3v) is 3.59. The van der Waals surface area contributed by atoms with Gasteiger partial charge in [-0.05, 0) is 50.3 Å². The predicted molar refractivity (Wildman–Crippen MR) is 87.2 cm³/mol. The summed E-state index contributed by atoms with van der Waals surface area (Å²) in [6.45, 7) is 8.90. The van der Waals surface area contributed by atoms with Crippen LogP contribution < -0.4 is 15.5 Å². The minimum Gasteiger partial charge on any atom is -0.362 e. The average Bonchev–Trinajstić information content (AvgIpc) is 2.42. The molecule has 19 heavy (non-hydrogen) atoms. The maximum Gasteiger partial charge on any atom is 0.170 e. The van der Waals surface area contributed by atoms with Crippen molar-refractivity contribution in [2.24, 2.45) is 0 Å². The second-order valence-corrected chi connectivity index (χ2v) is 5.29. The first-order chi connectivity index (χ1) is 9.15. The summed E-state index contributed by atoms with van der Waals surface area (Å²) >= 11 is 11.1. The Morgan fingerprint density at radius 2 is 1.84 bits per heavy atom. The summed E-state index contributed by atoms with van der Waals surface area (Å²) in [6.07, 6.45) is 1.12. The van der Waals surface area contributed by atoms with Crippen molar-refractivity contribution in [1.82, 2.24) is 5.32 Å². The molecule has 0 fully saturated rings. The molecule has 3 nitrogen and oxygen atoms in total. The Morgan fingerprint density at radius 1 is 1.21 bits per heavy atom. The normalized spacial score (nSPS) is 10.5. The van der Waals surface area contributed by atoms with Crippen LogP contribution in [0.3, 0.4) is 0 Å². The van der Waals surface area contributed by atoms with Gasteiger partial charge in [0.1, 0.15) is 0 Å². The SMILES string of the molecule is CC[NH+](CC)CCCNC(=S)Nc1ccc(Cl)cc1. The largest absolute Gasteiger partial charge is 0.362 e. The monoisotopic (exact) mass is 300 g/mol. The fraction of sp³-hybridized carbons (Fsp3) is 0.500. The van der Waals surface area contributed by atoms with Crippen molar-refractivity contribution in [3.8, 4) is 0 Å². The quantitative estimate of drug-likeness (QED) is 0.531. The van der Waals surface area contributed by atoms with Gasteiger partial charge in [0.05, 0.1) is 19.6 Å². The third kappa shape index (κ3) is 6.76. The van der Waals surface area contributed by atoms with Crippen LogP contribution in [-0.4, -0.2) is 31.3 Å². The first-order valence-corrected chi connectivity index (χ1v) is 7.58. The molecule has 0 atom stereocenters. The van der Waals surface area contributed by atoms with Crippen molar-refractivity contribution in [1.29, 1.82) is 0 Å². The maximum atomic E-state index is 5.83. The molecule has 0 heterocycles. The van der Waals surface area contributed by atoms with Gasteiger partial charge in [-0.25, -0.2) is 0 Å². The summed E-state index contributed by atoms with van der Waals surface area (Å²) in [5.74, 6) is 0. The van der Waals surface area contributed by atoms with Gasteiger partial charge in [0.2, 0.25) is 0 Å². The van der Waals surface area contributed by atoms with Crippen molar-refractivity contribution in [2.75, 3.05) is 31.5 Å². The van der Waals surface area contributed by atoms with Crippen LogP contribution in [0.15, 0.2) is 24.3 Å². The predicted octanol–water partition coefficient (Wildman–Crippen LogP) is 1.94. The highest BCUT2D eigenvalue weighted by Crippen LogP contribution is 2.12. The number of benzene rings is 1. The van der Waals surface area contributed by atoms with Gasteiger partial charge in [-0.15, -0.1) is 0 Å². The Balaban J connectivity index is 2.19. The number of quaternary nitrogens is 1. The lowest BCUT2D eigenvalue weighted by atomic mass is 10.3. The Hall–Kier alpha value is -0.840. The minimum atomic E-state index is 0.664. The molecule has 1 rings (SSSR count). The number of thiocarbonyl (C=S) groups is 1. The first kappa shape index (κ1) is 16.2. The Bertz CT molecular complexity index is 377. The average molecular weight is 301 g/mol. The van der Waals surface area contributed by atoms with Crippen molar-refractivity contribution in [3.05, 3.63) is 29.3 Å². The lowest BCUT2D eigenvalue weighted by Gasteiger charge is -2.16. The van der Waals surface area contributed by atoms with Gasteiger partial charge in [-0.2, -0.15) is 0 Å². The van der Waals surface area contributed by atoms with E-state index in [1.807, 2.05) is 24.3 Å². The van der Waals surface area contributed by atoms with Crippen molar-refractivity contribution in [2.45, 2.75) is 20.3 Å². The molecule has 0 aliphatic rings. The van der Waals surface area contributed by atoms with E-state index in [9.17, 15) is 0 Å². The molecule has 0 saturated heterocycles. The van der Waals surface area contributed by atoms with Gasteiger partial charge in [-0.1, -0.05) is 11.6 Å². The summed E-state index contributed by atoms with van der Waals surface area (Å²) in [5, 5.41) is 7.76. The van der Waals surface area contributed by atoms with Gasteiger partial charge in [0, 0.05) is 23.7 Å². The zero-order chi connectivity index (χ0) is 14.1. The molecule has 0 aliphatic carbocycles. The van der Waals surface area contributed by atoms with E-state index in [0.717, 1.165) is 23.7 Å². The minimum absolute atomic E-state index is 0.664. The zero-order valence-corrected chi connectivity index (χ0v) is 13.2. The number of hydrogen-bond acceptors (Lipinski definition) is 1. The van der Waals surface area contributed by atoms with Crippen molar-refractivity contribution >= 4 is 34.6 Å². The lowest BCUT2D eigenvalue weighted by Crippen LogP contribution is -3.11. The summed E-state index contributed by atoms with van der Waals surface area (Å²) in [4.78, 5) is 1.62.